The van der Waals surface area contributed by atoms with Gasteiger partial charge in [0.05, 0.1) is 11.8 Å². The monoisotopic (exact) mass is 567 g/mol. The lowest BCUT2D eigenvalue weighted by molar-refractivity contribution is -0.142. The third kappa shape index (κ3) is 6.42. The van der Waals surface area contributed by atoms with Crippen molar-refractivity contribution in [2.45, 2.75) is 58.4 Å². The summed E-state index contributed by atoms with van der Waals surface area (Å²) in [6.07, 6.45) is -1.73. The molecule has 3 heterocycles. The largest absolute Gasteiger partial charge is 0.481 e. The molecule has 5 rings (SSSR count). The second-order valence-corrected chi connectivity index (χ2v) is 10.6. The third-order valence-corrected chi connectivity index (χ3v) is 6.84. The number of aliphatic hydroxyl groups is 2. The van der Waals surface area contributed by atoms with E-state index in [0.717, 1.165) is 11.4 Å². The van der Waals surface area contributed by atoms with E-state index in [1.165, 1.54) is 19.1 Å². The summed E-state index contributed by atoms with van der Waals surface area (Å²) in [5.41, 5.74) is 1.02. The first-order valence-electron chi connectivity index (χ1n) is 13.2. The molecule has 3 aromatic rings. The molecule has 13 nitrogen and oxygen atoms in total. The Kier molecular flexibility index (Phi) is 7.84. The molecule has 1 aromatic heterocycles. The van der Waals surface area contributed by atoms with Gasteiger partial charge in [0.2, 0.25) is 6.79 Å². The number of benzene rings is 2. The Morgan fingerprint density at radius 3 is 2.76 bits per heavy atom. The molecule has 0 bridgehead atoms. The Morgan fingerprint density at radius 2 is 1.98 bits per heavy atom. The van der Waals surface area contributed by atoms with Crippen molar-refractivity contribution < 1.29 is 38.7 Å². The maximum Gasteiger partial charge on any atom is 0.340 e. The van der Waals surface area contributed by atoms with E-state index in [-0.39, 0.29) is 37.3 Å². The zero-order valence-corrected chi connectivity index (χ0v) is 23.3. The lowest BCUT2D eigenvalue weighted by Crippen LogP contribution is -2.42. The summed E-state index contributed by atoms with van der Waals surface area (Å²) >= 11 is 0. The van der Waals surface area contributed by atoms with Gasteiger partial charge in [-0.3, -0.25) is 4.79 Å². The number of anilines is 1. The number of β-amino-alcohol motifs (C(OH)–C–C–N with tert-alkyl or cyclic N) is 1. The van der Waals surface area contributed by atoms with Crippen LogP contribution < -0.4 is 29.6 Å². The number of amides is 1. The molecule has 0 spiro atoms. The lowest BCUT2D eigenvalue weighted by Gasteiger charge is -2.29. The number of carbonyl (C=O) groups excluding carboxylic acids is 2. The van der Waals surface area contributed by atoms with E-state index in [9.17, 15) is 19.8 Å². The summed E-state index contributed by atoms with van der Waals surface area (Å²) in [5, 5.41) is 31.3. The highest BCUT2D eigenvalue weighted by Gasteiger charge is 2.27. The Morgan fingerprint density at radius 1 is 1.20 bits per heavy atom. The highest BCUT2D eigenvalue weighted by molar-refractivity contribution is 5.96. The molecule has 0 aliphatic carbocycles. The number of esters is 1. The molecule has 13 heteroatoms. The van der Waals surface area contributed by atoms with E-state index in [4.69, 9.17) is 18.9 Å². The second-order valence-electron chi connectivity index (χ2n) is 10.6. The Balaban J connectivity index is 1.24. The maximum atomic E-state index is 11.9. The average molecular weight is 568 g/mol. The molecule has 2 atom stereocenters. The minimum Gasteiger partial charge on any atom is -0.481 e. The molecule has 218 valence electrons. The first kappa shape index (κ1) is 28.3. The number of hydrogen-bond acceptors (Lipinski definition) is 11. The van der Waals surface area contributed by atoms with Gasteiger partial charge in [0.15, 0.2) is 23.9 Å². The van der Waals surface area contributed by atoms with Gasteiger partial charge in [-0.05, 0) is 58.4 Å². The molecule has 0 saturated carbocycles. The molecular formula is C28H33N5O8. The van der Waals surface area contributed by atoms with Gasteiger partial charge in [-0.15, -0.1) is 0 Å². The predicted molar refractivity (Wildman–Crippen MR) is 146 cm³/mol. The minimum absolute atomic E-state index is 0.0636. The van der Waals surface area contributed by atoms with Crippen molar-refractivity contribution in [1.29, 1.82) is 0 Å². The van der Waals surface area contributed by atoms with Crippen LogP contribution in [0.3, 0.4) is 0 Å². The minimum atomic E-state index is -1.34. The summed E-state index contributed by atoms with van der Waals surface area (Å²) in [4.78, 5) is 28.4. The van der Waals surface area contributed by atoms with Gasteiger partial charge in [-0.2, -0.15) is 5.10 Å². The molecule has 0 radical (unpaired) electrons. The van der Waals surface area contributed by atoms with E-state index in [1.54, 1.807) is 0 Å². The molecule has 2 aliphatic heterocycles. The summed E-state index contributed by atoms with van der Waals surface area (Å²) in [6, 6.07) is 8.48. The molecule has 1 amide bonds. The van der Waals surface area contributed by atoms with Gasteiger partial charge >= 0.3 is 5.97 Å². The van der Waals surface area contributed by atoms with Crippen molar-refractivity contribution in [2.75, 3.05) is 25.3 Å². The third-order valence-electron chi connectivity index (χ3n) is 6.84. The Labute approximate surface area is 236 Å². The van der Waals surface area contributed by atoms with Crippen molar-refractivity contribution in [1.82, 2.24) is 20.1 Å². The SMILES string of the molecule is Cc1nc(-c2ccc3c(c2)OCO3)nn1CCC(C)(C)NCC(O)c1cc(OC(=O)C(C)O)cc2c1OCC(=O)N2. The summed E-state index contributed by atoms with van der Waals surface area (Å²) in [5.74, 6) is 1.85. The van der Waals surface area contributed by atoms with Crippen LogP contribution in [0.1, 0.15) is 44.7 Å². The van der Waals surface area contributed by atoms with Crippen LogP contribution in [0.2, 0.25) is 0 Å². The van der Waals surface area contributed by atoms with Crippen LogP contribution in [0.15, 0.2) is 30.3 Å². The van der Waals surface area contributed by atoms with Crippen LogP contribution in [0, 0.1) is 6.92 Å². The number of nitrogens with zero attached hydrogens (tertiary/aromatic N) is 3. The predicted octanol–water partition coefficient (Wildman–Crippen LogP) is 2.09. The van der Waals surface area contributed by atoms with Crippen molar-refractivity contribution in [3.8, 4) is 34.4 Å². The van der Waals surface area contributed by atoms with Crippen molar-refractivity contribution in [3.05, 3.63) is 41.7 Å². The highest BCUT2D eigenvalue weighted by Crippen LogP contribution is 2.39. The van der Waals surface area contributed by atoms with Gasteiger partial charge in [0.25, 0.3) is 5.91 Å². The van der Waals surface area contributed by atoms with Crippen LogP contribution >= 0.6 is 0 Å². The number of fused-ring (bicyclic) bond motifs is 2. The van der Waals surface area contributed by atoms with E-state index in [0.29, 0.717) is 41.6 Å². The van der Waals surface area contributed by atoms with Crippen LogP contribution in [-0.4, -0.2) is 68.4 Å². The average Bonchev–Trinajstić information content (AvgIpc) is 3.55. The fraction of sp³-hybridized carbons (Fsp3) is 0.429. The van der Waals surface area contributed by atoms with E-state index < -0.39 is 23.7 Å². The van der Waals surface area contributed by atoms with Crippen LogP contribution in [0.5, 0.6) is 23.0 Å². The van der Waals surface area contributed by atoms with Gasteiger partial charge in [0.1, 0.15) is 23.4 Å². The zero-order chi connectivity index (χ0) is 29.3. The van der Waals surface area contributed by atoms with Crippen molar-refractivity contribution in [2.24, 2.45) is 0 Å². The highest BCUT2D eigenvalue weighted by atomic mass is 16.7. The van der Waals surface area contributed by atoms with Crippen LogP contribution in [-0.2, 0) is 16.1 Å². The molecule has 2 aliphatic rings. The van der Waals surface area contributed by atoms with Gasteiger partial charge in [-0.25, -0.2) is 14.5 Å². The summed E-state index contributed by atoms with van der Waals surface area (Å²) in [6.45, 7) is 7.92. The van der Waals surface area contributed by atoms with E-state index >= 15 is 0 Å². The smallest absolute Gasteiger partial charge is 0.340 e. The lowest BCUT2D eigenvalue weighted by atomic mass is 9.99. The fourth-order valence-corrected chi connectivity index (χ4v) is 4.46. The normalized spacial score (nSPS) is 15.5. The molecular weight excluding hydrogens is 534 g/mol. The topological polar surface area (TPSA) is 166 Å². The molecule has 41 heavy (non-hydrogen) atoms. The Bertz CT molecular complexity index is 1470. The first-order valence-corrected chi connectivity index (χ1v) is 13.2. The number of hydrogen-bond donors (Lipinski definition) is 4. The summed E-state index contributed by atoms with van der Waals surface area (Å²) in [7, 11) is 0. The van der Waals surface area contributed by atoms with E-state index in [1.807, 2.05) is 43.7 Å². The Hall–Kier alpha value is -4.20. The van der Waals surface area contributed by atoms with Crippen molar-refractivity contribution >= 4 is 17.6 Å². The number of ether oxygens (including phenoxy) is 4. The molecule has 0 saturated heterocycles. The number of nitrogens with one attached hydrogen (secondary N) is 2. The summed E-state index contributed by atoms with van der Waals surface area (Å²) < 4.78 is 23.5. The number of aromatic nitrogens is 3. The maximum absolute atomic E-state index is 11.9. The van der Waals surface area contributed by atoms with Gasteiger partial charge in [0, 0.05) is 35.8 Å². The van der Waals surface area contributed by atoms with Crippen LogP contribution in [0.4, 0.5) is 5.69 Å². The molecule has 2 unspecified atom stereocenters. The number of rotatable bonds is 10. The van der Waals surface area contributed by atoms with Crippen molar-refractivity contribution in [3.63, 3.8) is 0 Å². The molecule has 0 fully saturated rings. The van der Waals surface area contributed by atoms with Crippen LogP contribution in [0.25, 0.3) is 11.4 Å². The second kappa shape index (κ2) is 11.4. The number of carbonyl (C=O) groups is 2. The zero-order valence-electron chi connectivity index (χ0n) is 23.3. The fourth-order valence-electron chi connectivity index (χ4n) is 4.46. The van der Waals surface area contributed by atoms with Gasteiger partial charge in [-0.1, -0.05) is 0 Å². The van der Waals surface area contributed by atoms with Gasteiger partial charge < -0.3 is 39.8 Å². The standard InChI is InChI=1S/C28H33N5O8/c1-15(34)27(37)41-18-10-19(25-20(11-18)31-24(36)13-38-25)21(35)12-29-28(3,4)7-8-33-16(2)30-26(32-33)17-5-6-22-23(9-17)40-14-39-22/h5-6,9-11,15,21,29,34-35H,7-8,12-14H2,1-4H3,(H,31,36). The molecule has 4 N–H and O–H groups in total. The quantitative estimate of drug-likeness (QED) is 0.209. The number of aliphatic hydroxyl groups excluding tert-OH is 2. The van der Waals surface area contributed by atoms with E-state index in [2.05, 4.69) is 20.7 Å². The molecule has 2 aromatic carbocycles. The number of aryl methyl sites for hydroxylation is 2. The first-order chi connectivity index (χ1) is 19.5.